The summed E-state index contributed by atoms with van der Waals surface area (Å²) in [6.07, 6.45) is 5.45. The Kier molecular flexibility index (Phi) is 5.25. The standard InChI is InChI=1S/C21H19N5OS/c1-15-19(28-21(25-15)18-9-5-6-10-22-18)20(27)23-11-17-12-24-26(14-17)13-16-7-3-2-4-8-16/h2-10,12,14H,11,13H2,1H3,(H,23,27). The van der Waals surface area contributed by atoms with Crippen LogP contribution in [0.1, 0.15) is 26.5 Å². The fourth-order valence-corrected chi connectivity index (χ4v) is 3.78. The first-order valence-corrected chi connectivity index (χ1v) is 9.73. The number of aromatic nitrogens is 4. The highest BCUT2D eigenvalue weighted by molar-refractivity contribution is 7.17. The Morgan fingerprint density at radius 2 is 1.93 bits per heavy atom. The van der Waals surface area contributed by atoms with E-state index in [0.717, 1.165) is 16.3 Å². The summed E-state index contributed by atoms with van der Waals surface area (Å²) in [6.45, 7) is 2.97. The summed E-state index contributed by atoms with van der Waals surface area (Å²) in [7, 11) is 0. The number of amides is 1. The molecule has 0 saturated carbocycles. The van der Waals surface area contributed by atoms with E-state index < -0.39 is 0 Å². The average molecular weight is 389 g/mol. The maximum Gasteiger partial charge on any atom is 0.263 e. The summed E-state index contributed by atoms with van der Waals surface area (Å²) in [4.78, 5) is 22.0. The van der Waals surface area contributed by atoms with Crippen LogP contribution in [0.15, 0.2) is 67.1 Å². The van der Waals surface area contributed by atoms with Gasteiger partial charge in [0, 0.05) is 24.5 Å². The number of hydrogen-bond donors (Lipinski definition) is 1. The number of carbonyl (C=O) groups excluding carboxylic acids is 1. The van der Waals surface area contributed by atoms with E-state index in [1.165, 1.54) is 16.9 Å². The predicted molar refractivity (Wildman–Crippen MR) is 109 cm³/mol. The van der Waals surface area contributed by atoms with E-state index in [1.807, 2.05) is 54.2 Å². The predicted octanol–water partition coefficient (Wildman–Crippen LogP) is 3.69. The van der Waals surface area contributed by atoms with Crippen LogP contribution in [-0.4, -0.2) is 25.7 Å². The zero-order valence-corrected chi connectivity index (χ0v) is 16.2. The summed E-state index contributed by atoms with van der Waals surface area (Å²) < 4.78 is 1.87. The van der Waals surface area contributed by atoms with Crippen molar-refractivity contribution in [2.75, 3.05) is 0 Å². The maximum absolute atomic E-state index is 12.6. The summed E-state index contributed by atoms with van der Waals surface area (Å²) in [6, 6.07) is 15.8. The molecule has 0 aliphatic carbocycles. The van der Waals surface area contributed by atoms with Crippen LogP contribution >= 0.6 is 11.3 Å². The molecule has 0 unspecified atom stereocenters. The molecule has 0 bridgehead atoms. The van der Waals surface area contributed by atoms with E-state index in [4.69, 9.17) is 0 Å². The molecule has 0 atom stereocenters. The number of nitrogens with zero attached hydrogens (tertiary/aromatic N) is 4. The molecule has 0 aliphatic heterocycles. The molecule has 4 rings (SSSR count). The molecule has 6 nitrogen and oxygen atoms in total. The van der Waals surface area contributed by atoms with E-state index >= 15 is 0 Å². The molecule has 1 N–H and O–H groups in total. The smallest absolute Gasteiger partial charge is 0.263 e. The first kappa shape index (κ1) is 18.1. The molecule has 0 spiro atoms. The molecule has 3 heterocycles. The molecule has 0 radical (unpaired) electrons. The number of hydrogen-bond acceptors (Lipinski definition) is 5. The molecule has 140 valence electrons. The van der Waals surface area contributed by atoms with Crippen LogP contribution in [0.2, 0.25) is 0 Å². The molecule has 0 saturated heterocycles. The molecular formula is C21H19N5OS. The Bertz CT molecular complexity index is 1070. The summed E-state index contributed by atoms with van der Waals surface area (Å²) in [5.41, 5.74) is 3.62. The van der Waals surface area contributed by atoms with Gasteiger partial charge in [0.05, 0.1) is 24.1 Å². The molecule has 7 heteroatoms. The van der Waals surface area contributed by atoms with Crippen LogP contribution in [0.5, 0.6) is 0 Å². The molecule has 28 heavy (non-hydrogen) atoms. The quantitative estimate of drug-likeness (QED) is 0.546. The van der Waals surface area contributed by atoms with E-state index in [0.29, 0.717) is 23.7 Å². The Morgan fingerprint density at radius 3 is 2.71 bits per heavy atom. The van der Waals surface area contributed by atoms with E-state index in [9.17, 15) is 4.79 Å². The molecule has 0 aliphatic rings. The monoisotopic (exact) mass is 389 g/mol. The average Bonchev–Trinajstić information content (AvgIpc) is 3.34. The van der Waals surface area contributed by atoms with Crippen LogP contribution in [0.3, 0.4) is 0 Å². The van der Waals surface area contributed by atoms with Gasteiger partial charge in [-0.3, -0.25) is 14.5 Å². The molecule has 3 aromatic heterocycles. The van der Waals surface area contributed by atoms with Crippen molar-refractivity contribution in [3.05, 3.63) is 88.8 Å². The minimum Gasteiger partial charge on any atom is -0.347 e. The maximum atomic E-state index is 12.6. The number of rotatable bonds is 6. The van der Waals surface area contributed by atoms with Crippen LogP contribution in [-0.2, 0) is 13.1 Å². The van der Waals surface area contributed by atoms with Crippen molar-refractivity contribution >= 4 is 17.2 Å². The number of nitrogens with one attached hydrogen (secondary N) is 1. The number of carbonyl (C=O) groups is 1. The fraction of sp³-hybridized carbons (Fsp3) is 0.143. The lowest BCUT2D eigenvalue weighted by Crippen LogP contribution is -2.22. The SMILES string of the molecule is Cc1nc(-c2ccccn2)sc1C(=O)NCc1cnn(Cc2ccccc2)c1. The zero-order chi connectivity index (χ0) is 19.3. The van der Waals surface area contributed by atoms with Gasteiger partial charge in [0.1, 0.15) is 9.88 Å². The van der Waals surface area contributed by atoms with Crippen LogP contribution in [0.25, 0.3) is 10.7 Å². The van der Waals surface area contributed by atoms with Crippen molar-refractivity contribution < 1.29 is 4.79 Å². The normalized spacial score (nSPS) is 10.8. The Balaban J connectivity index is 1.39. The Hall–Kier alpha value is -3.32. The second-order valence-corrected chi connectivity index (χ2v) is 7.36. The van der Waals surface area contributed by atoms with Gasteiger partial charge in [0.25, 0.3) is 5.91 Å². The van der Waals surface area contributed by atoms with Crippen LogP contribution in [0, 0.1) is 6.92 Å². The number of pyridine rings is 1. The van der Waals surface area contributed by atoms with E-state index in [-0.39, 0.29) is 5.91 Å². The Labute approximate surface area is 166 Å². The first-order chi connectivity index (χ1) is 13.7. The largest absolute Gasteiger partial charge is 0.347 e. The van der Waals surface area contributed by atoms with Gasteiger partial charge in [-0.15, -0.1) is 11.3 Å². The van der Waals surface area contributed by atoms with Gasteiger partial charge >= 0.3 is 0 Å². The van der Waals surface area contributed by atoms with Crippen molar-refractivity contribution in [3.8, 4) is 10.7 Å². The summed E-state index contributed by atoms with van der Waals surface area (Å²) in [5, 5.41) is 8.08. The van der Waals surface area contributed by atoms with Gasteiger partial charge in [-0.1, -0.05) is 36.4 Å². The van der Waals surface area contributed by atoms with Crippen molar-refractivity contribution in [2.45, 2.75) is 20.0 Å². The summed E-state index contributed by atoms with van der Waals surface area (Å²) >= 11 is 1.36. The van der Waals surface area contributed by atoms with Gasteiger partial charge in [-0.2, -0.15) is 5.10 Å². The van der Waals surface area contributed by atoms with Gasteiger partial charge in [-0.25, -0.2) is 4.98 Å². The lowest BCUT2D eigenvalue weighted by molar-refractivity contribution is 0.0954. The Morgan fingerprint density at radius 1 is 1.11 bits per heavy atom. The lowest BCUT2D eigenvalue weighted by atomic mass is 10.2. The van der Waals surface area contributed by atoms with E-state index in [2.05, 4.69) is 32.5 Å². The highest BCUT2D eigenvalue weighted by Crippen LogP contribution is 2.26. The topological polar surface area (TPSA) is 72.7 Å². The van der Waals surface area contributed by atoms with Gasteiger partial charge in [-0.05, 0) is 24.6 Å². The van der Waals surface area contributed by atoms with Crippen molar-refractivity contribution in [1.82, 2.24) is 25.1 Å². The second kappa shape index (κ2) is 8.14. The highest BCUT2D eigenvalue weighted by atomic mass is 32.1. The third-order valence-electron chi connectivity index (χ3n) is 4.21. The second-order valence-electron chi connectivity index (χ2n) is 6.36. The van der Waals surface area contributed by atoms with Crippen molar-refractivity contribution in [3.63, 3.8) is 0 Å². The number of thiazole rings is 1. The van der Waals surface area contributed by atoms with Crippen LogP contribution < -0.4 is 5.32 Å². The molecule has 0 fully saturated rings. The van der Waals surface area contributed by atoms with Gasteiger partial charge < -0.3 is 5.32 Å². The van der Waals surface area contributed by atoms with Gasteiger partial charge in [0.15, 0.2) is 0 Å². The first-order valence-electron chi connectivity index (χ1n) is 8.91. The molecular weight excluding hydrogens is 370 g/mol. The molecule has 4 aromatic rings. The third-order valence-corrected chi connectivity index (χ3v) is 5.39. The molecule has 1 amide bonds. The minimum atomic E-state index is -0.131. The van der Waals surface area contributed by atoms with E-state index in [1.54, 1.807) is 12.4 Å². The minimum absolute atomic E-state index is 0.131. The highest BCUT2D eigenvalue weighted by Gasteiger charge is 2.16. The van der Waals surface area contributed by atoms with Crippen molar-refractivity contribution in [1.29, 1.82) is 0 Å². The fourth-order valence-electron chi connectivity index (χ4n) is 2.82. The van der Waals surface area contributed by atoms with Crippen molar-refractivity contribution in [2.24, 2.45) is 0 Å². The number of benzene rings is 1. The third kappa shape index (κ3) is 4.15. The zero-order valence-electron chi connectivity index (χ0n) is 15.4. The molecule has 1 aromatic carbocycles. The number of aryl methyl sites for hydroxylation is 1. The summed E-state index contributed by atoms with van der Waals surface area (Å²) in [5.74, 6) is -0.131. The lowest BCUT2D eigenvalue weighted by Gasteiger charge is -2.02. The van der Waals surface area contributed by atoms with Gasteiger partial charge in [0.2, 0.25) is 0 Å². The van der Waals surface area contributed by atoms with Crippen LogP contribution in [0.4, 0.5) is 0 Å².